The van der Waals surface area contributed by atoms with Gasteiger partial charge in [0.2, 0.25) is 10.0 Å². The van der Waals surface area contributed by atoms with Gasteiger partial charge in [-0.1, -0.05) is 38.3 Å². The summed E-state index contributed by atoms with van der Waals surface area (Å²) in [5.74, 6) is 1.03. The number of nitrogens with zero attached hydrogens (tertiary/aromatic N) is 2. The van der Waals surface area contributed by atoms with Gasteiger partial charge in [0.05, 0.1) is 36.1 Å². The Kier molecular flexibility index (Phi) is 7.19. The van der Waals surface area contributed by atoms with E-state index < -0.39 is 16.1 Å². The molecule has 1 aliphatic heterocycles. The number of halogens is 1. The number of sulfonamides is 1. The molecule has 6 atom stereocenters. The second-order valence-corrected chi connectivity index (χ2v) is 14.5. The molecular formula is C30H42FN3O3S. The van der Waals surface area contributed by atoms with Crippen molar-refractivity contribution in [2.45, 2.75) is 102 Å². The molecule has 3 aliphatic carbocycles. The first-order chi connectivity index (χ1) is 18.3. The van der Waals surface area contributed by atoms with Gasteiger partial charge in [-0.05, 0) is 87.0 Å². The third-order valence-electron chi connectivity index (χ3n) is 10.5. The fourth-order valence-electron chi connectivity index (χ4n) is 8.54. The van der Waals surface area contributed by atoms with Gasteiger partial charge in [0, 0.05) is 17.2 Å². The molecule has 8 heteroatoms. The number of aliphatic hydroxyl groups excluding tert-OH is 1. The van der Waals surface area contributed by atoms with E-state index in [0.717, 1.165) is 75.5 Å². The zero-order valence-electron chi connectivity index (χ0n) is 22.5. The van der Waals surface area contributed by atoms with Crippen LogP contribution in [0.2, 0.25) is 0 Å². The van der Waals surface area contributed by atoms with Crippen molar-refractivity contribution in [3.8, 4) is 11.3 Å². The van der Waals surface area contributed by atoms with Crippen LogP contribution < -0.4 is 4.72 Å². The molecule has 4 aliphatic rings. The van der Waals surface area contributed by atoms with Crippen molar-refractivity contribution in [3.05, 3.63) is 42.1 Å². The van der Waals surface area contributed by atoms with Crippen LogP contribution in [0, 0.1) is 29.0 Å². The van der Waals surface area contributed by atoms with Crippen LogP contribution in [0.1, 0.15) is 95.6 Å². The predicted octanol–water partition coefficient (Wildman–Crippen LogP) is 5.82. The number of nitrogens with one attached hydrogen (secondary N) is 1. The fraction of sp³-hybridized carbons (Fsp3) is 0.700. The molecule has 0 radical (unpaired) electrons. The monoisotopic (exact) mass is 543 g/mol. The predicted molar refractivity (Wildman–Crippen MR) is 146 cm³/mol. The molecule has 0 spiro atoms. The molecule has 0 saturated heterocycles. The largest absolute Gasteiger partial charge is 0.392 e. The maximum atomic E-state index is 15.0. The van der Waals surface area contributed by atoms with Gasteiger partial charge in [-0.25, -0.2) is 22.5 Å². The SMILES string of the molecule is CCC1(C(O)CC2c3c(F)cccc3-c3cncn32)CC2CCC(NS(=O)(=O)CC3CCCCC3)C(C2)C1. The second kappa shape index (κ2) is 10.3. The Hall–Kier alpha value is -1.77. The van der Waals surface area contributed by atoms with E-state index in [0.29, 0.717) is 17.9 Å². The van der Waals surface area contributed by atoms with Crippen LogP contribution in [0.4, 0.5) is 4.39 Å². The number of aromatic nitrogens is 2. The Bertz CT molecular complexity index is 1260. The fourth-order valence-corrected chi connectivity index (χ4v) is 10.4. The summed E-state index contributed by atoms with van der Waals surface area (Å²) in [4.78, 5) is 4.31. The van der Waals surface area contributed by atoms with Crippen molar-refractivity contribution in [1.82, 2.24) is 14.3 Å². The van der Waals surface area contributed by atoms with Gasteiger partial charge < -0.3 is 9.67 Å². The summed E-state index contributed by atoms with van der Waals surface area (Å²) in [7, 11) is -3.33. The summed E-state index contributed by atoms with van der Waals surface area (Å²) in [6.45, 7) is 2.15. The van der Waals surface area contributed by atoms with E-state index in [1.807, 2.05) is 10.6 Å². The molecule has 2 N–H and O–H groups in total. The average Bonchev–Trinajstić information content (AvgIpc) is 3.49. The lowest BCUT2D eigenvalue weighted by atomic mass is 9.56. The molecule has 6 unspecified atom stereocenters. The van der Waals surface area contributed by atoms with Crippen LogP contribution in [0.5, 0.6) is 0 Å². The van der Waals surface area contributed by atoms with Crippen LogP contribution in [0.15, 0.2) is 30.7 Å². The van der Waals surface area contributed by atoms with Crippen molar-refractivity contribution in [2.24, 2.45) is 23.2 Å². The standard InChI is InChI=1S/C30H42FN3O3S/c1-2-30(28(35)14-26-29-23(9-6-10-24(29)31)27-17-32-19-34(26)27)15-21-11-12-25(22(13-21)16-30)33-38(36,37)18-20-7-4-3-5-8-20/h6,9-10,17,19-22,25-26,28,33,35H,2-5,7-8,11-16,18H2,1H3. The second-order valence-electron chi connectivity index (χ2n) is 12.7. The molecule has 3 fully saturated rings. The molecule has 6 nitrogen and oxygen atoms in total. The Morgan fingerprint density at radius 1 is 1.18 bits per heavy atom. The number of aliphatic hydroxyl groups is 1. The van der Waals surface area contributed by atoms with E-state index >= 15 is 4.39 Å². The van der Waals surface area contributed by atoms with Crippen molar-refractivity contribution in [3.63, 3.8) is 0 Å². The molecule has 3 saturated carbocycles. The van der Waals surface area contributed by atoms with Crippen molar-refractivity contribution < 1.29 is 17.9 Å². The first-order valence-electron chi connectivity index (χ1n) is 14.8. The quantitative estimate of drug-likeness (QED) is 0.440. The summed E-state index contributed by atoms with van der Waals surface area (Å²) in [6.07, 6.45) is 14.4. The Morgan fingerprint density at radius 2 is 2.00 bits per heavy atom. The summed E-state index contributed by atoms with van der Waals surface area (Å²) in [5, 5.41) is 11.9. The van der Waals surface area contributed by atoms with Crippen molar-refractivity contribution >= 4 is 10.0 Å². The van der Waals surface area contributed by atoms with Gasteiger partial charge in [0.15, 0.2) is 0 Å². The van der Waals surface area contributed by atoms with Crippen molar-refractivity contribution in [1.29, 1.82) is 0 Å². The highest BCUT2D eigenvalue weighted by Crippen LogP contribution is 2.54. The first kappa shape index (κ1) is 26.5. The number of rotatable bonds is 8. The van der Waals surface area contributed by atoms with Gasteiger partial charge >= 0.3 is 0 Å². The third kappa shape index (κ3) is 4.86. The lowest BCUT2D eigenvalue weighted by Gasteiger charge is -2.52. The molecule has 2 heterocycles. The summed E-state index contributed by atoms with van der Waals surface area (Å²) in [5.41, 5.74) is 2.11. The van der Waals surface area contributed by atoms with Crippen LogP contribution in [0.3, 0.4) is 0 Å². The highest BCUT2D eigenvalue weighted by molar-refractivity contribution is 7.89. The Balaban J connectivity index is 1.19. The zero-order valence-corrected chi connectivity index (χ0v) is 23.3. The average molecular weight is 544 g/mol. The van der Waals surface area contributed by atoms with Crippen LogP contribution in [-0.4, -0.2) is 41.0 Å². The van der Waals surface area contributed by atoms with Crippen LogP contribution in [0.25, 0.3) is 11.3 Å². The lowest BCUT2D eigenvalue weighted by Crippen LogP contribution is -2.52. The van der Waals surface area contributed by atoms with Crippen molar-refractivity contribution in [2.75, 3.05) is 5.75 Å². The minimum atomic E-state index is -3.33. The molecule has 6 rings (SSSR count). The van der Waals surface area contributed by atoms with E-state index in [1.54, 1.807) is 18.6 Å². The molecule has 1 aromatic heterocycles. The van der Waals surface area contributed by atoms with Gasteiger partial charge in [0.1, 0.15) is 5.82 Å². The number of imidazole rings is 1. The maximum Gasteiger partial charge on any atom is 0.212 e. The van der Waals surface area contributed by atoms with E-state index in [-0.39, 0.29) is 40.9 Å². The number of benzene rings is 1. The topological polar surface area (TPSA) is 84.2 Å². The van der Waals surface area contributed by atoms with E-state index in [9.17, 15) is 13.5 Å². The zero-order chi connectivity index (χ0) is 26.5. The lowest BCUT2D eigenvalue weighted by molar-refractivity contribution is -0.0657. The summed E-state index contributed by atoms with van der Waals surface area (Å²) >= 11 is 0. The highest BCUT2D eigenvalue weighted by atomic mass is 32.2. The minimum Gasteiger partial charge on any atom is -0.392 e. The summed E-state index contributed by atoms with van der Waals surface area (Å²) in [6, 6.07) is 4.83. The molecule has 0 amide bonds. The Morgan fingerprint density at radius 3 is 2.79 bits per heavy atom. The third-order valence-corrected chi connectivity index (χ3v) is 12.1. The van der Waals surface area contributed by atoms with Gasteiger partial charge in [-0.2, -0.15) is 0 Å². The van der Waals surface area contributed by atoms with E-state index in [2.05, 4.69) is 16.6 Å². The maximum absolute atomic E-state index is 15.0. The van der Waals surface area contributed by atoms with Gasteiger partial charge in [-0.15, -0.1) is 0 Å². The first-order valence-corrected chi connectivity index (χ1v) is 16.4. The number of fused-ring (bicyclic) bond motifs is 5. The summed E-state index contributed by atoms with van der Waals surface area (Å²) < 4.78 is 46.5. The van der Waals surface area contributed by atoms with E-state index in [1.165, 1.54) is 12.5 Å². The smallest absolute Gasteiger partial charge is 0.212 e. The number of hydrogen-bond acceptors (Lipinski definition) is 4. The molecule has 2 aromatic rings. The molecular weight excluding hydrogens is 501 g/mol. The van der Waals surface area contributed by atoms with Gasteiger partial charge in [-0.3, -0.25) is 0 Å². The number of hydrogen-bond donors (Lipinski definition) is 2. The van der Waals surface area contributed by atoms with Crippen LogP contribution in [-0.2, 0) is 10.0 Å². The normalized spacial score (nSPS) is 32.1. The molecule has 38 heavy (non-hydrogen) atoms. The molecule has 2 bridgehead atoms. The molecule has 1 aromatic carbocycles. The molecule has 208 valence electrons. The van der Waals surface area contributed by atoms with Crippen LogP contribution >= 0.6 is 0 Å². The Labute approximate surface area is 226 Å². The van der Waals surface area contributed by atoms with E-state index in [4.69, 9.17) is 0 Å². The minimum absolute atomic E-state index is 0.0526. The highest BCUT2D eigenvalue weighted by Gasteiger charge is 2.49. The van der Waals surface area contributed by atoms with Gasteiger partial charge in [0.25, 0.3) is 0 Å².